The maximum Gasteiger partial charge on any atom is 0.227 e. The molecule has 0 radical (unpaired) electrons. The molecule has 2 heterocycles. The summed E-state index contributed by atoms with van der Waals surface area (Å²) in [4.78, 5) is 14.3. The number of nitrogens with zero attached hydrogens (tertiary/aromatic N) is 1. The third kappa shape index (κ3) is 2.68. The van der Waals surface area contributed by atoms with E-state index < -0.39 is 0 Å². The second-order valence-corrected chi connectivity index (χ2v) is 5.74. The predicted molar refractivity (Wildman–Crippen MR) is 83.0 cm³/mol. The Balaban J connectivity index is 1.84. The van der Waals surface area contributed by atoms with Gasteiger partial charge in [-0.25, -0.2) is 0 Å². The highest BCUT2D eigenvalue weighted by molar-refractivity contribution is 5.84. The summed E-state index contributed by atoms with van der Waals surface area (Å²) in [6.45, 7) is 4.45. The number of para-hydroxylation sites is 1. The quantitative estimate of drug-likeness (QED) is 0.939. The van der Waals surface area contributed by atoms with Crippen molar-refractivity contribution in [3.05, 3.63) is 35.6 Å². The maximum atomic E-state index is 12.5. The van der Waals surface area contributed by atoms with E-state index in [0.717, 1.165) is 48.2 Å². The van der Waals surface area contributed by atoms with Crippen LogP contribution in [-0.4, -0.2) is 30.9 Å². The Bertz CT molecular complexity index is 641. The van der Waals surface area contributed by atoms with Crippen molar-refractivity contribution in [2.75, 3.05) is 20.1 Å². The van der Waals surface area contributed by atoms with Crippen LogP contribution in [0.15, 0.2) is 28.7 Å². The van der Waals surface area contributed by atoms with Crippen LogP contribution in [0.1, 0.15) is 24.7 Å². The van der Waals surface area contributed by atoms with E-state index in [4.69, 9.17) is 4.42 Å². The second-order valence-electron chi connectivity index (χ2n) is 5.74. The largest absolute Gasteiger partial charge is 0.461 e. The molecule has 0 spiro atoms. The summed E-state index contributed by atoms with van der Waals surface area (Å²) in [7, 11) is 1.89. The van der Waals surface area contributed by atoms with Gasteiger partial charge in [-0.2, -0.15) is 0 Å². The Hall–Kier alpha value is -1.81. The molecule has 0 saturated carbocycles. The molecular weight excluding hydrogens is 264 g/mol. The van der Waals surface area contributed by atoms with Gasteiger partial charge >= 0.3 is 0 Å². The second kappa shape index (κ2) is 5.90. The van der Waals surface area contributed by atoms with Crippen molar-refractivity contribution in [3.8, 4) is 0 Å². The van der Waals surface area contributed by atoms with Crippen LogP contribution in [-0.2, 0) is 17.8 Å². The van der Waals surface area contributed by atoms with E-state index in [0.29, 0.717) is 6.54 Å². The molecule has 4 heteroatoms. The number of nitrogens with one attached hydrogen (secondary N) is 1. The topological polar surface area (TPSA) is 45.5 Å². The van der Waals surface area contributed by atoms with Crippen LogP contribution >= 0.6 is 0 Å². The summed E-state index contributed by atoms with van der Waals surface area (Å²) in [5.74, 6) is 1.34. The molecule has 1 saturated heterocycles. The summed E-state index contributed by atoms with van der Waals surface area (Å²) >= 11 is 0. The van der Waals surface area contributed by atoms with Crippen molar-refractivity contribution in [1.29, 1.82) is 0 Å². The number of hydrogen-bond donors (Lipinski definition) is 1. The average Bonchev–Trinajstić information content (AvgIpc) is 3.14. The SMILES string of the molecule is CCc1oc2ccccc2c1CN(C)C(=O)C1CCNC1. The highest BCUT2D eigenvalue weighted by Crippen LogP contribution is 2.27. The number of rotatable bonds is 4. The lowest BCUT2D eigenvalue weighted by Gasteiger charge is -2.20. The van der Waals surface area contributed by atoms with Crippen molar-refractivity contribution in [1.82, 2.24) is 10.2 Å². The number of benzene rings is 1. The molecule has 21 heavy (non-hydrogen) atoms. The van der Waals surface area contributed by atoms with Gasteiger partial charge in [-0.3, -0.25) is 4.79 Å². The van der Waals surface area contributed by atoms with Gasteiger partial charge in [0.15, 0.2) is 0 Å². The van der Waals surface area contributed by atoms with Crippen LogP contribution in [0.2, 0.25) is 0 Å². The standard InChI is InChI=1S/C17H22N2O2/c1-3-15-14(13-6-4-5-7-16(13)21-15)11-19(2)17(20)12-8-9-18-10-12/h4-7,12,18H,3,8-11H2,1-2H3. The Morgan fingerprint density at radius 2 is 2.24 bits per heavy atom. The fraction of sp³-hybridized carbons (Fsp3) is 0.471. The van der Waals surface area contributed by atoms with Crippen molar-refractivity contribution in [2.24, 2.45) is 5.92 Å². The monoisotopic (exact) mass is 286 g/mol. The molecule has 4 nitrogen and oxygen atoms in total. The third-order valence-electron chi connectivity index (χ3n) is 4.28. The number of furan rings is 1. The van der Waals surface area contributed by atoms with E-state index in [1.165, 1.54) is 0 Å². The molecule has 1 aliphatic rings. The van der Waals surface area contributed by atoms with Gasteiger partial charge in [0.25, 0.3) is 0 Å². The van der Waals surface area contributed by atoms with E-state index in [1.807, 2.05) is 30.1 Å². The summed E-state index contributed by atoms with van der Waals surface area (Å²) in [6, 6.07) is 8.06. The zero-order valence-electron chi connectivity index (χ0n) is 12.7. The molecule has 1 aromatic carbocycles. The van der Waals surface area contributed by atoms with E-state index in [9.17, 15) is 4.79 Å². The van der Waals surface area contributed by atoms with Crippen LogP contribution in [0.4, 0.5) is 0 Å². The summed E-state index contributed by atoms with van der Waals surface area (Å²) in [5.41, 5.74) is 2.06. The maximum absolute atomic E-state index is 12.5. The first-order valence-corrected chi connectivity index (χ1v) is 7.65. The molecule has 0 aliphatic carbocycles. The number of fused-ring (bicyclic) bond motifs is 1. The fourth-order valence-corrected chi connectivity index (χ4v) is 3.10. The number of carbonyl (C=O) groups is 1. The van der Waals surface area contributed by atoms with Crippen LogP contribution in [0.25, 0.3) is 11.0 Å². The van der Waals surface area contributed by atoms with Gasteiger partial charge in [0.05, 0.1) is 5.92 Å². The molecule has 0 bridgehead atoms. The first-order chi connectivity index (χ1) is 10.2. The molecular formula is C17H22N2O2. The van der Waals surface area contributed by atoms with Crippen molar-refractivity contribution in [3.63, 3.8) is 0 Å². The summed E-state index contributed by atoms with van der Waals surface area (Å²) in [5, 5.41) is 4.38. The van der Waals surface area contributed by atoms with Crippen LogP contribution in [0.5, 0.6) is 0 Å². The Labute approximate surface area is 125 Å². The molecule has 2 aromatic rings. The zero-order chi connectivity index (χ0) is 14.8. The minimum Gasteiger partial charge on any atom is -0.461 e. The molecule has 1 aliphatic heterocycles. The van der Waals surface area contributed by atoms with E-state index >= 15 is 0 Å². The van der Waals surface area contributed by atoms with Gasteiger partial charge in [-0.15, -0.1) is 0 Å². The van der Waals surface area contributed by atoms with Crippen LogP contribution in [0.3, 0.4) is 0 Å². The third-order valence-corrected chi connectivity index (χ3v) is 4.28. The molecule has 1 unspecified atom stereocenters. The normalized spacial score (nSPS) is 18.3. The lowest BCUT2D eigenvalue weighted by atomic mass is 10.1. The smallest absolute Gasteiger partial charge is 0.227 e. The minimum atomic E-state index is 0.123. The van der Waals surface area contributed by atoms with Gasteiger partial charge in [0, 0.05) is 37.5 Å². The molecule has 112 valence electrons. The van der Waals surface area contributed by atoms with Crippen LogP contribution < -0.4 is 5.32 Å². The number of aryl methyl sites for hydroxylation is 1. The van der Waals surface area contributed by atoms with Crippen molar-refractivity contribution < 1.29 is 9.21 Å². The Morgan fingerprint density at radius 1 is 1.43 bits per heavy atom. The lowest BCUT2D eigenvalue weighted by Crippen LogP contribution is -2.33. The number of amides is 1. The van der Waals surface area contributed by atoms with Gasteiger partial charge in [0.1, 0.15) is 11.3 Å². The molecule has 1 atom stereocenters. The van der Waals surface area contributed by atoms with E-state index in [2.05, 4.69) is 18.3 Å². The zero-order valence-corrected chi connectivity index (χ0v) is 12.7. The Kier molecular flexibility index (Phi) is 3.97. The first-order valence-electron chi connectivity index (χ1n) is 7.65. The van der Waals surface area contributed by atoms with Gasteiger partial charge < -0.3 is 14.6 Å². The number of carbonyl (C=O) groups excluding carboxylic acids is 1. The molecule has 1 fully saturated rings. The Morgan fingerprint density at radius 3 is 2.95 bits per heavy atom. The first kappa shape index (κ1) is 14.1. The average molecular weight is 286 g/mol. The molecule has 1 N–H and O–H groups in total. The highest BCUT2D eigenvalue weighted by atomic mass is 16.3. The van der Waals surface area contributed by atoms with Gasteiger partial charge in [0.2, 0.25) is 5.91 Å². The van der Waals surface area contributed by atoms with E-state index in [-0.39, 0.29) is 11.8 Å². The predicted octanol–water partition coefficient (Wildman–Crippen LogP) is 2.56. The van der Waals surface area contributed by atoms with Gasteiger partial charge in [-0.1, -0.05) is 25.1 Å². The highest BCUT2D eigenvalue weighted by Gasteiger charge is 2.26. The lowest BCUT2D eigenvalue weighted by molar-refractivity contribution is -0.134. The summed E-state index contributed by atoms with van der Waals surface area (Å²) in [6.07, 6.45) is 1.78. The van der Waals surface area contributed by atoms with Crippen molar-refractivity contribution >= 4 is 16.9 Å². The molecule has 1 amide bonds. The molecule has 1 aromatic heterocycles. The molecule has 3 rings (SSSR count). The van der Waals surface area contributed by atoms with Crippen molar-refractivity contribution in [2.45, 2.75) is 26.3 Å². The van der Waals surface area contributed by atoms with E-state index in [1.54, 1.807) is 0 Å². The fourth-order valence-electron chi connectivity index (χ4n) is 3.10. The van der Waals surface area contributed by atoms with Gasteiger partial charge in [-0.05, 0) is 19.0 Å². The number of hydrogen-bond acceptors (Lipinski definition) is 3. The summed E-state index contributed by atoms with van der Waals surface area (Å²) < 4.78 is 5.90. The van der Waals surface area contributed by atoms with Crippen LogP contribution in [0, 0.1) is 5.92 Å². The minimum absolute atomic E-state index is 0.123.